The van der Waals surface area contributed by atoms with Gasteiger partial charge in [-0.3, -0.25) is 0 Å². The summed E-state index contributed by atoms with van der Waals surface area (Å²) in [5, 5.41) is 3.32. The van der Waals surface area contributed by atoms with Crippen molar-refractivity contribution in [2.75, 3.05) is 6.54 Å². The van der Waals surface area contributed by atoms with Gasteiger partial charge in [0, 0.05) is 6.54 Å². The molecule has 0 radical (unpaired) electrons. The molecule has 2 nitrogen and oxygen atoms in total. The van der Waals surface area contributed by atoms with E-state index in [2.05, 4.69) is 60.2 Å². The maximum atomic E-state index is 6.01. The highest BCUT2D eigenvalue weighted by Gasteiger charge is 2.07. The molecule has 0 aliphatic carbocycles. The van der Waals surface area contributed by atoms with E-state index < -0.39 is 0 Å². The molecular formula is C17H20BrNO. The SMILES string of the molecule is CCNCc1ccc(Oc2cccc(C)c2C)c(Br)c1. The van der Waals surface area contributed by atoms with E-state index in [9.17, 15) is 0 Å². The van der Waals surface area contributed by atoms with E-state index in [-0.39, 0.29) is 0 Å². The number of ether oxygens (including phenoxy) is 1. The third kappa shape index (κ3) is 3.62. The largest absolute Gasteiger partial charge is 0.456 e. The molecule has 1 N–H and O–H groups in total. The number of benzene rings is 2. The van der Waals surface area contributed by atoms with Crippen LogP contribution in [0, 0.1) is 13.8 Å². The average molecular weight is 334 g/mol. The molecule has 2 aromatic carbocycles. The molecule has 0 fully saturated rings. The fourth-order valence-corrected chi connectivity index (χ4v) is 2.47. The fourth-order valence-electron chi connectivity index (χ4n) is 1.96. The summed E-state index contributed by atoms with van der Waals surface area (Å²) >= 11 is 3.59. The molecule has 0 bridgehead atoms. The molecule has 0 spiro atoms. The van der Waals surface area contributed by atoms with Crippen molar-refractivity contribution >= 4 is 15.9 Å². The summed E-state index contributed by atoms with van der Waals surface area (Å²) in [6, 6.07) is 12.3. The summed E-state index contributed by atoms with van der Waals surface area (Å²) in [6.45, 7) is 8.12. The Morgan fingerprint density at radius 3 is 2.60 bits per heavy atom. The number of hydrogen-bond acceptors (Lipinski definition) is 2. The van der Waals surface area contributed by atoms with Crippen LogP contribution in [0.4, 0.5) is 0 Å². The average Bonchev–Trinajstić information content (AvgIpc) is 2.44. The van der Waals surface area contributed by atoms with Crippen molar-refractivity contribution in [1.82, 2.24) is 5.32 Å². The Balaban J connectivity index is 2.19. The molecule has 0 aliphatic rings. The van der Waals surface area contributed by atoms with Gasteiger partial charge in [-0.15, -0.1) is 0 Å². The van der Waals surface area contributed by atoms with Crippen LogP contribution in [0.2, 0.25) is 0 Å². The lowest BCUT2D eigenvalue weighted by Crippen LogP contribution is -2.11. The smallest absolute Gasteiger partial charge is 0.141 e. The lowest BCUT2D eigenvalue weighted by molar-refractivity contribution is 0.475. The van der Waals surface area contributed by atoms with Gasteiger partial charge in [0.05, 0.1) is 4.47 Å². The first-order valence-electron chi connectivity index (χ1n) is 6.85. The van der Waals surface area contributed by atoms with Crippen LogP contribution in [-0.2, 0) is 6.54 Å². The Morgan fingerprint density at radius 1 is 1.10 bits per heavy atom. The summed E-state index contributed by atoms with van der Waals surface area (Å²) in [4.78, 5) is 0. The van der Waals surface area contributed by atoms with E-state index in [1.165, 1.54) is 16.7 Å². The van der Waals surface area contributed by atoms with Crippen LogP contribution in [0.3, 0.4) is 0 Å². The predicted molar refractivity (Wildman–Crippen MR) is 87.5 cm³/mol. The lowest BCUT2D eigenvalue weighted by Gasteiger charge is -2.13. The molecule has 2 aromatic rings. The first-order valence-corrected chi connectivity index (χ1v) is 7.64. The van der Waals surface area contributed by atoms with Gasteiger partial charge in [0.25, 0.3) is 0 Å². The maximum Gasteiger partial charge on any atom is 0.141 e. The van der Waals surface area contributed by atoms with Crippen molar-refractivity contribution in [2.45, 2.75) is 27.3 Å². The quantitative estimate of drug-likeness (QED) is 0.834. The first kappa shape index (κ1) is 15.1. The molecule has 2 rings (SSSR count). The zero-order valence-corrected chi connectivity index (χ0v) is 13.8. The standard InChI is InChI=1S/C17H20BrNO/c1-4-19-11-14-8-9-17(15(18)10-14)20-16-7-5-6-12(2)13(16)3/h5-10,19H,4,11H2,1-3H3. The Bertz CT molecular complexity index is 596. The number of aryl methyl sites for hydroxylation is 1. The van der Waals surface area contributed by atoms with Crippen LogP contribution in [-0.4, -0.2) is 6.54 Å². The van der Waals surface area contributed by atoms with Crippen molar-refractivity contribution in [2.24, 2.45) is 0 Å². The van der Waals surface area contributed by atoms with Gasteiger partial charge in [-0.05, 0) is 71.2 Å². The molecule has 0 aliphatic heterocycles. The van der Waals surface area contributed by atoms with Crippen molar-refractivity contribution < 1.29 is 4.74 Å². The monoisotopic (exact) mass is 333 g/mol. The van der Waals surface area contributed by atoms with E-state index in [0.29, 0.717) is 0 Å². The Kier molecular flexibility index (Phi) is 5.21. The normalized spacial score (nSPS) is 10.6. The van der Waals surface area contributed by atoms with Gasteiger partial charge in [0.1, 0.15) is 11.5 Å². The highest BCUT2D eigenvalue weighted by molar-refractivity contribution is 9.10. The predicted octanol–water partition coefficient (Wildman–Crippen LogP) is 4.97. The maximum absolute atomic E-state index is 6.01. The van der Waals surface area contributed by atoms with Crippen LogP contribution < -0.4 is 10.1 Å². The van der Waals surface area contributed by atoms with Gasteiger partial charge in [-0.25, -0.2) is 0 Å². The van der Waals surface area contributed by atoms with Gasteiger partial charge >= 0.3 is 0 Å². The second-order valence-electron chi connectivity index (χ2n) is 4.85. The molecule has 0 atom stereocenters. The van der Waals surface area contributed by atoms with Crippen LogP contribution in [0.25, 0.3) is 0 Å². The number of nitrogens with one attached hydrogen (secondary N) is 1. The zero-order chi connectivity index (χ0) is 14.5. The van der Waals surface area contributed by atoms with Crippen LogP contribution in [0.5, 0.6) is 11.5 Å². The van der Waals surface area contributed by atoms with Gasteiger partial charge in [-0.2, -0.15) is 0 Å². The minimum absolute atomic E-state index is 0.846. The van der Waals surface area contributed by atoms with Crippen LogP contribution >= 0.6 is 15.9 Å². The molecule has 3 heteroatoms. The highest BCUT2D eigenvalue weighted by Crippen LogP contribution is 2.32. The molecule has 20 heavy (non-hydrogen) atoms. The summed E-state index contributed by atoms with van der Waals surface area (Å²) in [5.41, 5.74) is 3.66. The lowest BCUT2D eigenvalue weighted by atomic mass is 10.1. The van der Waals surface area contributed by atoms with Gasteiger partial charge < -0.3 is 10.1 Å². The second-order valence-corrected chi connectivity index (χ2v) is 5.70. The van der Waals surface area contributed by atoms with E-state index in [4.69, 9.17) is 4.74 Å². The minimum atomic E-state index is 0.846. The van der Waals surface area contributed by atoms with E-state index >= 15 is 0 Å². The molecule has 0 saturated carbocycles. The number of rotatable bonds is 5. The molecule has 0 unspecified atom stereocenters. The number of hydrogen-bond donors (Lipinski definition) is 1. The first-order chi connectivity index (χ1) is 9.61. The van der Waals surface area contributed by atoms with Crippen molar-refractivity contribution in [1.29, 1.82) is 0 Å². The Morgan fingerprint density at radius 2 is 1.90 bits per heavy atom. The van der Waals surface area contributed by atoms with E-state index in [1.807, 2.05) is 18.2 Å². The third-order valence-corrected chi connectivity index (χ3v) is 3.97. The summed E-state index contributed by atoms with van der Waals surface area (Å²) in [5.74, 6) is 1.75. The molecule has 0 aromatic heterocycles. The van der Waals surface area contributed by atoms with Crippen molar-refractivity contribution in [3.63, 3.8) is 0 Å². The van der Waals surface area contributed by atoms with E-state index in [1.54, 1.807) is 0 Å². The second kappa shape index (κ2) is 6.91. The zero-order valence-electron chi connectivity index (χ0n) is 12.2. The third-order valence-electron chi connectivity index (χ3n) is 3.35. The van der Waals surface area contributed by atoms with Gasteiger partial charge in [0.15, 0.2) is 0 Å². The summed E-state index contributed by atoms with van der Waals surface area (Å²) in [6.07, 6.45) is 0. The van der Waals surface area contributed by atoms with Crippen LogP contribution in [0.15, 0.2) is 40.9 Å². The molecule has 0 heterocycles. The summed E-state index contributed by atoms with van der Waals surface area (Å²) < 4.78 is 6.99. The van der Waals surface area contributed by atoms with E-state index in [0.717, 1.165) is 29.1 Å². The summed E-state index contributed by atoms with van der Waals surface area (Å²) in [7, 11) is 0. The number of halogens is 1. The van der Waals surface area contributed by atoms with Crippen molar-refractivity contribution in [3.05, 3.63) is 57.6 Å². The van der Waals surface area contributed by atoms with Crippen molar-refractivity contribution in [3.8, 4) is 11.5 Å². The topological polar surface area (TPSA) is 21.3 Å². The fraction of sp³-hybridized carbons (Fsp3) is 0.294. The van der Waals surface area contributed by atoms with Gasteiger partial charge in [0.2, 0.25) is 0 Å². The molecular weight excluding hydrogens is 314 g/mol. The molecule has 0 saturated heterocycles. The molecule has 0 amide bonds. The van der Waals surface area contributed by atoms with Crippen LogP contribution in [0.1, 0.15) is 23.6 Å². The Labute approximate surface area is 129 Å². The van der Waals surface area contributed by atoms with Gasteiger partial charge in [-0.1, -0.05) is 25.1 Å². The molecule has 106 valence electrons. The highest BCUT2D eigenvalue weighted by atomic mass is 79.9. The Hall–Kier alpha value is -1.32. The minimum Gasteiger partial charge on any atom is -0.456 e.